The molecule has 34 heavy (non-hydrogen) atoms. The topological polar surface area (TPSA) is 61.2 Å². The smallest absolute Gasteiger partial charge is 0.363 e. The molecule has 6 nitrogen and oxygen atoms in total. The van der Waals surface area contributed by atoms with Crippen molar-refractivity contribution in [3.05, 3.63) is 87.7 Å². The second kappa shape index (κ2) is 8.38. The van der Waals surface area contributed by atoms with E-state index in [9.17, 15) is 10.0 Å². The van der Waals surface area contributed by atoms with E-state index in [1.807, 2.05) is 58.1 Å². The highest BCUT2D eigenvalue weighted by atomic mass is 35.5. The quantitative estimate of drug-likeness (QED) is 0.361. The molecule has 0 spiro atoms. The third-order valence-electron chi connectivity index (χ3n) is 7.44. The number of nitrogens with zero attached hydrogens (tertiary/aromatic N) is 4. The number of anilines is 1. The summed E-state index contributed by atoms with van der Waals surface area (Å²) in [7, 11) is 0. The predicted molar refractivity (Wildman–Crippen MR) is 133 cm³/mol. The first kappa shape index (κ1) is 21.6. The van der Waals surface area contributed by atoms with Crippen molar-refractivity contribution >= 4 is 23.3 Å². The first-order valence-electron chi connectivity index (χ1n) is 12.0. The van der Waals surface area contributed by atoms with Crippen LogP contribution < -0.4 is 4.90 Å². The van der Waals surface area contributed by atoms with Crippen LogP contribution in [0.5, 0.6) is 0 Å². The number of carbonyl (C=O) groups is 1. The average molecular weight is 475 g/mol. The summed E-state index contributed by atoms with van der Waals surface area (Å²) in [5.74, 6) is 0.566. The Bertz CT molecular complexity index is 1260. The van der Waals surface area contributed by atoms with Crippen molar-refractivity contribution in [3.8, 4) is 11.3 Å². The Labute approximate surface area is 204 Å². The fraction of sp³-hybridized carbons (Fsp3) is 0.333. The summed E-state index contributed by atoms with van der Waals surface area (Å²) in [6.45, 7) is 1.23. The van der Waals surface area contributed by atoms with Crippen molar-refractivity contribution in [1.29, 1.82) is 0 Å². The molecule has 2 aliphatic heterocycles. The Morgan fingerprint density at radius 3 is 2.50 bits per heavy atom. The van der Waals surface area contributed by atoms with Crippen LogP contribution in [0.15, 0.2) is 71.9 Å². The third kappa shape index (κ3) is 3.57. The Kier molecular flexibility index (Phi) is 5.32. The molecule has 1 atom stereocenters. The number of aromatic nitrogens is 2. The van der Waals surface area contributed by atoms with Crippen molar-refractivity contribution in [2.75, 3.05) is 11.4 Å². The first-order valence-corrected chi connectivity index (χ1v) is 12.4. The van der Waals surface area contributed by atoms with Gasteiger partial charge in [0.15, 0.2) is 5.70 Å². The summed E-state index contributed by atoms with van der Waals surface area (Å²) in [5.41, 5.74) is 4.36. The van der Waals surface area contributed by atoms with E-state index in [0.29, 0.717) is 23.8 Å². The molecule has 3 aliphatic rings. The molecule has 3 aromatic rings. The van der Waals surface area contributed by atoms with Crippen LogP contribution in [-0.2, 0) is 17.9 Å². The molecule has 1 unspecified atom stereocenters. The van der Waals surface area contributed by atoms with Crippen molar-refractivity contribution in [1.82, 2.24) is 9.78 Å². The number of benzene rings is 2. The normalized spacial score (nSPS) is 22.8. The zero-order chi connectivity index (χ0) is 23.3. The lowest BCUT2D eigenvalue weighted by Crippen LogP contribution is -2.54. The van der Waals surface area contributed by atoms with Crippen molar-refractivity contribution in [2.24, 2.45) is 0 Å². The van der Waals surface area contributed by atoms with E-state index >= 15 is 0 Å². The molecule has 6 rings (SSSR count). The minimum atomic E-state index is -0.731. The van der Waals surface area contributed by atoms with Crippen LogP contribution >= 0.6 is 11.6 Å². The van der Waals surface area contributed by atoms with Crippen LogP contribution in [0.2, 0.25) is 5.02 Å². The summed E-state index contributed by atoms with van der Waals surface area (Å²) in [5, 5.41) is 19.6. The standard InChI is InChI=1S/C27H27ClN4O2/c28-22-13-11-20(12-14-22)24-15-25-30(16-19-7-3-1-4-8-19)26-21(17-31(25)29-24)18-32(34,27(26)33)23-9-5-2-6-10-23/h1,3-4,7-8,11-15,23H,2,5-6,9-10,16-18H2. The largest absolute Gasteiger partial charge is 0.624 e. The number of carbonyl (C=O) groups excluding carboxylic acids is 1. The number of hydrogen-bond acceptors (Lipinski definition) is 4. The van der Waals surface area contributed by atoms with E-state index in [1.54, 1.807) is 0 Å². The molecule has 1 saturated carbocycles. The molecule has 0 saturated heterocycles. The van der Waals surface area contributed by atoms with Gasteiger partial charge in [-0.15, -0.1) is 0 Å². The molecule has 0 N–H and O–H groups in total. The average Bonchev–Trinajstić information content (AvgIpc) is 3.40. The summed E-state index contributed by atoms with van der Waals surface area (Å²) in [6.07, 6.45) is 4.88. The highest BCUT2D eigenvalue weighted by molar-refractivity contribution is 6.30. The van der Waals surface area contributed by atoms with E-state index in [-0.39, 0.29) is 18.5 Å². The van der Waals surface area contributed by atoms with Crippen LogP contribution in [0.25, 0.3) is 11.3 Å². The SMILES string of the molecule is O=C1C2=C(Cn3nc(-c4ccc(Cl)cc4)cc3N2Cc2ccccc2)C[N+]1([O-])C1CCCCC1. The third-order valence-corrected chi connectivity index (χ3v) is 7.69. The molecule has 1 aromatic heterocycles. The van der Waals surface area contributed by atoms with E-state index in [1.165, 1.54) is 0 Å². The van der Waals surface area contributed by atoms with Crippen LogP contribution in [-0.4, -0.2) is 32.9 Å². The lowest BCUT2D eigenvalue weighted by Gasteiger charge is -2.44. The van der Waals surface area contributed by atoms with Gasteiger partial charge in [0.2, 0.25) is 0 Å². The maximum absolute atomic E-state index is 14.0. The fourth-order valence-electron chi connectivity index (χ4n) is 5.71. The summed E-state index contributed by atoms with van der Waals surface area (Å²) in [4.78, 5) is 15.8. The zero-order valence-electron chi connectivity index (χ0n) is 19.0. The Balaban J connectivity index is 1.40. The van der Waals surface area contributed by atoms with Gasteiger partial charge in [0.1, 0.15) is 12.4 Å². The van der Waals surface area contributed by atoms with Gasteiger partial charge >= 0.3 is 5.91 Å². The van der Waals surface area contributed by atoms with Crippen LogP contribution in [0, 0.1) is 5.21 Å². The summed E-state index contributed by atoms with van der Waals surface area (Å²) < 4.78 is 1.21. The number of rotatable bonds is 4. The molecule has 0 bridgehead atoms. The number of fused-ring (bicyclic) bond motifs is 1. The highest BCUT2D eigenvalue weighted by Crippen LogP contribution is 2.42. The molecule has 0 radical (unpaired) electrons. The first-order chi connectivity index (χ1) is 16.5. The van der Waals surface area contributed by atoms with Gasteiger partial charge in [-0.05, 0) is 30.5 Å². The highest BCUT2D eigenvalue weighted by Gasteiger charge is 2.50. The van der Waals surface area contributed by atoms with Crippen molar-refractivity contribution in [2.45, 2.75) is 51.2 Å². The summed E-state index contributed by atoms with van der Waals surface area (Å²) in [6, 6.07) is 19.6. The van der Waals surface area contributed by atoms with Gasteiger partial charge in [-0.3, -0.25) is 4.65 Å². The summed E-state index contributed by atoms with van der Waals surface area (Å²) >= 11 is 6.08. The Morgan fingerprint density at radius 1 is 1.03 bits per heavy atom. The molecule has 1 amide bonds. The minimum absolute atomic E-state index is 0.137. The lowest BCUT2D eigenvalue weighted by molar-refractivity contribution is -0.822. The maximum atomic E-state index is 14.0. The van der Waals surface area contributed by atoms with Gasteiger partial charge in [-0.1, -0.05) is 60.5 Å². The minimum Gasteiger partial charge on any atom is -0.624 e. The maximum Gasteiger partial charge on any atom is 0.363 e. The van der Waals surface area contributed by atoms with E-state index in [2.05, 4.69) is 12.1 Å². The molecule has 1 fully saturated rings. The van der Waals surface area contributed by atoms with Gasteiger partial charge in [0.25, 0.3) is 0 Å². The second-order valence-corrected chi connectivity index (χ2v) is 10.1. The Morgan fingerprint density at radius 2 is 1.76 bits per heavy atom. The van der Waals surface area contributed by atoms with Crippen LogP contribution in [0.3, 0.4) is 0 Å². The second-order valence-electron chi connectivity index (χ2n) is 9.63. The van der Waals surface area contributed by atoms with Gasteiger partial charge in [-0.2, -0.15) is 5.10 Å². The molecule has 1 aliphatic carbocycles. The van der Waals surface area contributed by atoms with Gasteiger partial charge in [0.05, 0.1) is 18.3 Å². The van der Waals surface area contributed by atoms with Crippen molar-refractivity contribution < 1.29 is 9.44 Å². The van der Waals surface area contributed by atoms with Crippen LogP contribution in [0.1, 0.15) is 37.7 Å². The van der Waals surface area contributed by atoms with E-state index < -0.39 is 4.65 Å². The molecular formula is C27H27ClN4O2. The molecule has 174 valence electrons. The predicted octanol–water partition coefficient (Wildman–Crippen LogP) is 5.67. The number of hydroxylamine groups is 3. The zero-order valence-corrected chi connectivity index (χ0v) is 19.7. The van der Waals surface area contributed by atoms with Gasteiger partial charge in [0, 0.05) is 41.6 Å². The molecule has 7 heteroatoms. The van der Waals surface area contributed by atoms with Crippen molar-refractivity contribution in [3.63, 3.8) is 0 Å². The molecule has 2 aromatic carbocycles. The number of amides is 1. The fourth-order valence-corrected chi connectivity index (χ4v) is 5.83. The van der Waals surface area contributed by atoms with E-state index in [0.717, 1.165) is 60.3 Å². The number of halogens is 1. The molecule has 3 heterocycles. The number of quaternary nitrogens is 1. The molecular weight excluding hydrogens is 448 g/mol. The van der Waals surface area contributed by atoms with Crippen LogP contribution in [0.4, 0.5) is 5.82 Å². The lowest BCUT2D eigenvalue weighted by atomic mass is 9.94. The Hall–Kier alpha value is -2.93. The van der Waals surface area contributed by atoms with Gasteiger partial charge in [-0.25, -0.2) is 9.48 Å². The van der Waals surface area contributed by atoms with Gasteiger partial charge < -0.3 is 10.1 Å². The number of hydrogen-bond donors (Lipinski definition) is 0. The monoisotopic (exact) mass is 474 g/mol. The van der Waals surface area contributed by atoms with E-state index in [4.69, 9.17) is 16.7 Å².